The first kappa shape index (κ1) is 15.8. The van der Waals surface area contributed by atoms with Gasteiger partial charge in [0.25, 0.3) is 0 Å². The minimum absolute atomic E-state index is 0. The third-order valence-electron chi connectivity index (χ3n) is 4.74. The van der Waals surface area contributed by atoms with Crippen molar-refractivity contribution in [3.63, 3.8) is 0 Å². The molecule has 0 bridgehead atoms. The van der Waals surface area contributed by atoms with E-state index in [1.54, 1.807) is 11.3 Å². The van der Waals surface area contributed by atoms with E-state index in [-0.39, 0.29) is 18.3 Å². The summed E-state index contributed by atoms with van der Waals surface area (Å²) in [7, 11) is 0. The summed E-state index contributed by atoms with van der Waals surface area (Å²) in [5.41, 5.74) is 7.14. The molecule has 1 amide bonds. The van der Waals surface area contributed by atoms with Crippen molar-refractivity contribution in [2.75, 3.05) is 13.1 Å². The molecule has 1 aliphatic heterocycles. The molecular weight excluding hydrogens is 292 g/mol. The number of nitrogens with zero attached hydrogens (tertiary/aromatic N) is 1. The van der Waals surface area contributed by atoms with E-state index < -0.39 is 0 Å². The highest BCUT2D eigenvalue weighted by Crippen LogP contribution is 2.38. The lowest BCUT2D eigenvalue weighted by Crippen LogP contribution is -2.38. The van der Waals surface area contributed by atoms with Gasteiger partial charge in [0.2, 0.25) is 5.91 Å². The molecule has 2 fully saturated rings. The molecule has 112 valence electrons. The minimum Gasteiger partial charge on any atom is -0.335 e. The number of nitrogens with two attached hydrogens (primary N) is 1. The molecule has 3 rings (SSSR count). The van der Waals surface area contributed by atoms with Gasteiger partial charge in [-0.1, -0.05) is 6.42 Å². The molecule has 0 aromatic carbocycles. The molecule has 1 aromatic rings. The van der Waals surface area contributed by atoms with E-state index in [2.05, 4.69) is 21.7 Å². The van der Waals surface area contributed by atoms with Crippen LogP contribution < -0.4 is 5.73 Å². The number of hydrogen-bond donors (Lipinski definition) is 1. The Labute approximate surface area is 130 Å². The van der Waals surface area contributed by atoms with E-state index in [9.17, 15) is 4.79 Å². The van der Waals surface area contributed by atoms with Crippen LogP contribution in [0, 0.1) is 11.8 Å². The molecule has 2 N–H and O–H groups in total. The average molecular weight is 315 g/mol. The van der Waals surface area contributed by atoms with Gasteiger partial charge < -0.3 is 10.6 Å². The second kappa shape index (κ2) is 6.92. The predicted molar refractivity (Wildman–Crippen MR) is 85.1 cm³/mol. The zero-order chi connectivity index (χ0) is 13.2. The highest BCUT2D eigenvalue weighted by Gasteiger charge is 2.39. The highest BCUT2D eigenvalue weighted by atomic mass is 35.5. The summed E-state index contributed by atoms with van der Waals surface area (Å²) in [6.45, 7) is 1.58. The first-order valence-corrected chi connectivity index (χ1v) is 8.28. The third-order valence-corrected chi connectivity index (χ3v) is 5.44. The predicted octanol–water partition coefficient (Wildman–Crippen LogP) is 3.21. The lowest BCUT2D eigenvalue weighted by atomic mass is 9.94. The number of likely N-dealkylation sites (tertiary alicyclic amines) is 1. The van der Waals surface area contributed by atoms with Gasteiger partial charge in [-0.2, -0.15) is 11.3 Å². The van der Waals surface area contributed by atoms with Crippen molar-refractivity contribution >= 4 is 29.7 Å². The van der Waals surface area contributed by atoms with E-state index in [0.717, 1.165) is 38.6 Å². The molecule has 1 saturated heterocycles. The fourth-order valence-electron chi connectivity index (χ4n) is 3.70. The van der Waals surface area contributed by atoms with E-state index in [1.807, 2.05) is 0 Å². The van der Waals surface area contributed by atoms with Crippen LogP contribution in [0.25, 0.3) is 0 Å². The molecule has 1 unspecified atom stereocenters. The van der Waals surface area contributed by atoms with Crippen molar-refractivity contribution in [1.82, 2.24) is 4.90 Å². The van der Waals surface area contributed by atoms with Crippen molar-refractivity contribution in [1.29, 1.82) is 0 Å². The first-order chi connectivity index (χ1) is 9.31. The maximum Gasteiger partial charge on any atom is 0.226 e. The highest BCUT2D eigenvalue weighted by molar-refractivity contribution is 7.07. The number of amides is 1. The Bertz CT molecular complexity index is 437. The average Bonchev–Trinajstić information content (AvgIpc) is 3.16. The van der Waals surface area contributed by atoms with Crippen molar-refractivity contribution in [3.05, 3.63) is 22.4 Å². The van der Waals surface area contributed by atoms with Crippen LogP contribution in [0.15, 0.2) is 16.8 Å². The van der Waals surface area contributed by atoms with Crippen LogP contribution in [-0.4, -0.2) is 23.9 Å². The number of halogens is 1. The molecule has 1 aromatic heterocycles. The summed E-state index contributed by atoms with van der Waals surface area (Å²) in [6.07, 6.45) is 5.57. The number of carbonyl (C=O) groups excluding carboxylic acids is 1. The first-order valence-electron chi connectivity index (χ1n) is 7.34. The molecule has 1 aliphatic carbocycles. The smallest absolute Gasteiger partial charge is 0.226 e. The van der Waals surface area contributed by atoms with Gasteiger partial charge in [-0.15, -0.1) is 12.4 Å². The van der Waals surface area contributed by atoms with E-state index >= 15 is 0 Å². The summed E-state index contributed by atoms with van der Waals surface area (Å²) in [6, 6.07) is 2.48. The lowest BCUT2D eigenvalue weighted by molar-refractivity contribution is -0.137. The molecule has 2 aliphatic rings. The molecule has 3 nitrogen and oxygen atoms in total. The van der Waals surface area contributed by atoms with Crippen LogP contribution >= 0.6 is 23.7 Å². The summed E-state index contributed by atoms with van der Waals surface area (Å²) >= 11 is 1.72. The van der Waals surface area contributed by atoms with Crippen LogP contribution in [0.2, 0.25) is 0 Å². The van der Waals surface area contributed by atoms with Gasteiger partial charge in [-0.3, -0.25) is 4.79 Å². The fourth-order valence-corrected chi connectivity index (χ4v) is 4.41. The zero-order valence-electron chi connectivity index (χ0n) is 11.7. The van der Waals surface area contributed by atoms with Crippen LogP contribution in [-0.2, 0) is 4.79 Å². The molecule has 1 saturated carbocycles. The van der Waals surface area contributed by atoms with E-state index in [0.29, 0.717) is 24.4 Å². The van der Waals surface area contributed by atoms with Crippen molar-refractivity contribution in [3.8, 4) is 0 Å². The van der Waals surface area contributed by atoms with Crippen LogP contribution in [0.1, 0.15) is 43.7 Å². The Kier molecular flexibility index (Phi) is 5.47. The van der Waals surface area contributed by atoms with Gasteiger partial charge in [0.15, 0.2) is 0 Å². The van der Waals surface area contributed by atoms with E-state index in [1.165, 1.54) is 5.56 Å². The Balaban J connectivity index is 0.00000147. The number of carbonyl (C=O) groups is 1. The Hall–Kier alpha value is -0.580. The Morgan fingerprint density at radius 1 is 1.35 bits per heavy atom. The normalized spacial score (nSPS) is 29.4. The SMILES string of the molecule is Cl.NC[C@H]1CCC[C@H]1C(=O)N1CCCC1c1ccsc1. The van der Waals surface area contributed by atoms with Gasteiger partial charge in [0, 0.05) is 12.5 Å². The third kappa shape index (κ3) is 2.87. The number of rotatable bonds is 3. The monoisotopic (exact) mass is 314 g/mol. The topological polar surface area (TPSA) is 46.3 Å². The van der Waals surface area contributed by atoms with Gasteiger partial charge >= 0.3 is 0 Å². The van der Waals surface area contributed by atoms with Crippen LogP contribution in [0.4, 0.5) is 0 Å². The maximum atomic E-state index is 12.8. The standard InChI is InChI=1S/C15H22N2OS.ClH/c16-9-11-3-1-4-13(11)15(18)17-7-2-5-14(17)12-6-8-19-10-12;/h6,8,10-11,13-14H,1-5,7,9,16H2;1H/t11-,13-,14?;/m1./s1. The second-order valence-electron chi connectivity index (χ2n) is 5.78. The molecule has 3 atom stereocenters. The second-order valence-corrected chi connectivity index (χ2v) is 6.56. The Morgan fingerprint density at radius 3 is 2.90 bits per heavy atom. The van der Waals surface area contributed by atoms with Crippen LogP contribution in [0.3, 0.4) is 0 Å². The van der Waals surface area contributed by atoms with Crippen molar-refractivity contribution in [2.24, 2.45) is 17.6 Å². The van der Waals surface area contributed by atoms with Gasteiger partial charge in [-0.05, 0) is 60.5 Å². The largest absolute Gasteiger partial charge is 0.335 e. The molecule has 0 spiro atoms. The molecule has 2 heterocycles. The summed E-state index contributed by atoms with van der Waals surface area (Å²) < 4.78 is 0. The number of thiophene rings is 1. The molecule has 5 heteroatoms. The lowest BCUT2D eigenvalue weighted by Gasteiger charge is -2.29. The van der Waals surface area contributed by atoms with Crippen LogP contribution in [0.5, 0.6) is 0 Å². The number of hydrogen-bond acceptors (Lipinski definition) is 3. The van der Waals surface area contributed by atoms with Crippen molar-refractivity contribution < 1.29 is 4.79 Å². The minimum atomic E-state index is 0. The summed E-state index contributed by atoms with van der Waals surface area (Å²) in [5.74, 6) is 0.960. The summed E-state index contributed by atoms with van der Waals surface area (Å²) in [5, 5.41) is 4.29. The van der Waals surface area contributed by atoms with Gasteiger partial charge in [0.05, 0.1) is 6.04 Å². The quantitative estimate of drug-likeness (QED) is 0.931. The Morgan fingerprint density at radius 2 is 2.20 bits per heavy atom. The van der Waals surface area contributed by atoms with Crippen molar-refractivity contribution in [2.45, 2.75) is 38.1 Å². The van der Waals surface area contributed by atoms with Gasteiger partial charge in [-0.25, -0.2) is 0 Å². The summed E-state index contributed by atoms with van der Waals surface area (Å²) in [4.78, 5) is 14.9. The molecule has 0 radical (unpaired) electrons. The fraction of sp³-hybridized carbons (Fsp3) is 0.667. The molecular formula is C15H23ClN2OS. The zero-order valence-corrected chi connectivity index (χ0v) is 13.3. The molecule has 20 heavy (non-hydrogen) atoms. The maximum absolute atomic E-state index is 12.8. The van der Waals surface area contributed by atoms with E-state index in [4.69, 9.17) is 5.73 Å². The van der Waals surface area contributed by atoms with Gasteiger partial charge in [0.1, 0.15) is 0 Å².